The highest BCUT2D eigenvalue weighted by molar-refractivity contribution is 7.80. The van der Waals surface area contributed by atoms with E-state index in [0.717, 1.165) is 41.4 Å². The third kappa shape index (κ3) is 4.31. The van der Waals surface area contributed by atoms with E-state index in [9.17, 15) is 5.11 Å². The molecule has 1 aliphatic carbocycles. The highest BCUT2D eigenvalue weighted by atomic mass is 32.1. The Morgan fingerprint density at radius 2 is 1.64 bits per heavy atom. The highest BCUT2D eigenvalue weighted by Crippen LogP contribution is 2.42. The Bertz CT molecular complexity index is 1330. The number of rotatable bonds is 6. The van der Waals surface area contributed by atoms with Crippen LogP contribution in [0.3, 0.4) is 0 Å². The van der Waals surface area contributed by atoms with Crippen molar-refractivity contribution in [3.63, 3.8) is 0 Å². The standard InChI is InChI=1S/C29H28N4O2S/c34-22-14-10-20(11-15-22)32-19-5-9-26(32)28-27(25-8-3-4-18-30-25)31-29(36)33(28)21-12-16-24(17-13-21)35-23-6-1-2-7-23/h3-5,8-19,23,27-28,34H,1-2,6-7H2,(H,31,36)/t27-,28+/m1/s1. The van der Waals surface area contributed by atoms with Crippen molar-refractivity contribution in [3.05, 3.63) is 103 Å². The van der Waals surface area contributed by atoms with Crippen molar-refractivity contribution in [1.29, 1.82) is 0 Å². The van der Waals surface area contributed by atoms with Gasteiger partial charge >= 0.3 is 0 Å². The van der Waals surface area contributed by atoms with Gasteiger partial charge in [0.2, 0.25) is 0 Å². The summed E-state index contributed by atoms with van der Waals surface area (Å²) >= 11 is 5.89. The molecule has 3 heterocycles. The molecule has 0 radical (unpaired) electrons. The number of aromatic nitrogens is 2. The van der Waals surface area contributed by atoms with Crippen molar-refractivity contribution in [3.8, 4) is 17.2 Å². The molecule has 4 aromatic rings. The van der Waals surface area contributed by atoms with E-state index >= 15 is 0 Å². The van der Waals surface area contributed by atoms with Gasteiger partial charge in [-0.1, -0.05) is 6.07 Å². The first kappa shape index (κ1) is 22.6. The van der Waals surface area contributed by atoms with Gasteiger partial charge < -0.3 is 24.6 Å². The summed E-state index contributed by atoms with van der Waals surface area (Å²) in [6.07, 6.45) is 8.92. The van der Waals surface area contributed by atoms with Crippen LogP contribution in [0.4, 0.5) is 5.69 Å². The van der Waals surface area contributed by atoms with E-state index in [1.807, 2.05) is 60.9 Å². The molecule has 0 bridgehead atoms. The quantitative estimate of drug-likeness (QED) is 0.316. The summed E-state index contributed by atoms with van der Waals surface area (Å²) in [5, 5.41) is 14.0. The molecule has 1 saturated heterocycles. The normalized spacial score (nSPS) is 20.0. The first-order valence-electron chi connectivity index (χ1n) is 12.4. The summed E-state index contributed by atoms with van der Waals surface area (Å²) in [6.45, 7) is 0. The predicted octanol–water partition coefficient (Wildman–Crippen LogP) is 6.08. The summed E-state index contributed by atoms with van der Waals surface area (Å²) in [6, 6.07) is 25.3. The van der Waals surface area contributed by atoms with Crippen LogP contribution < -0.4 is 15.0 Å². The van der Waals surface area contributed by atoms with Gasteiger partial charge in [0.05, 0.1) is 17.8 Å². The van der Waals surface area contributed by atoms with E-state index in [4.69, 9.17) is 17.0 Å². The van der Waals surface area contributed by atoms with Gasteiger partial charge in [-0.25, -0.2) is 0 Å². The second kappa shape index (κ2) is 9.66. The number of ether oxygens (including phenoxy) is 1. The molecule has 2 aliphatic rings. The Kier molecular flexibility index (Phi) is 6.07. The average molecular weight is 497 g/mol. The first-order valence-corrected chi connectivity index (χ1v) is 12.8. The first-order chi connectivity index (χ1) is 17.7. The Labute approximate surface area is 216 Å². The highest BCUT2D eigenvalue weighted by Gasteiger charge is 2.42. The summed E-state index contributed by atoms with van der Waals surface area (Å²) in [7, 11) is 0. The Hall–Kier alpha value is -3.84. The Morgan fingerprint density at radius 3 is 2.36 bits per heavy atom. The summed E-state index contributed by atoms with van der Waals surface area (Å²) in [5.41, 5.74) is 3.95. The average Bonchev–Trinajstić information content (AvgIpc) is 3.66. The molecule has 6 rings (SSSR count). The molecule has 7 heteroatoms. The summed E-state index contributed by atoms with van der Waals surface area (Å²) in [4.78, 5) is 6.82. The van der Waals surface area contributed by atoms with Crippen LogP contribution in [0.1, 0.15) is 49.2 Å². The number of aromatic hydroxyl groups is 1. The molecule has 182 valence electrons. The van der Waals surface area contributed by atoms with Crippen LogP contribution in [0, 0.1) is 0 Å². The maximum Gasteiger partial charge on any atom is 0.174 e. The number of phenols is 1. The van der Waals surface area contributed by atoms with Crippen LogP contribution in [0.2, 0.25) is 0 Å². The predicted molar refractivity (Wildman–Crippen MR) is 145 cm³/mol. The Balaban J connectivity index is 1.39. The molecule has 2 aromatic heterocycles. The van der Waals surface area contributed by atoms with Crippen molar-refractivity contribution in [1.82, 2.24) is 14.9 Å². The zero-order valence-corrected chi connectivity index (χ0v) is 20.6. The van der Waals surface area contributed by atoms with Crippen LogP contribution in [-0.2, 0) is 0 Å². The number of anilines is 1. The van der Waals surface area contributed by atoms with Crippen molar-refractivity contribution in [2.75, 3.05) is 4.90 Å². The van der Waals surface area contributed by atoms with Gasteiger partial charge in [-0.05, 0) is 111 Å². The molecule has 2 fully saturated rings. The minimum absolute atomic E-state index is 0.140. The van der Waals surface area contributed by atoms with Crippen LogP contribution in [0.5, 0.6) is 11.5 Å². The number of pyridine rings is 1. The zero-order chi connectivity index (χ0) is 24.5. The van der Waals surface area contributed by atoms with E-state index in [1.54, 1.807) is 12.1 Å². The van der Waals surface area contributed by atoms with Gasteiger partial charge in [0, 0.05) is 29.5 Å². The zero-order valence-electron chi connectivity index (χ0n) is 19.8. The van der Waals surface area contributed by atoms with Gasteiger partial charge in [-0.2, -0.15) is 0 Å². The number of thiocarbonyl (C=S) groups is 1. The number of benzene rings is 2. The smallest absolute Gasteiger partial charge is 0.174 e. The molecule has 1 aliphatic heterocycles. The molecule has 0 unspecified atom stereocenters. The number of hydrogen-bond acceptors (Lipinski definition) is 4. The minimum atomic E-state index is -0.141. The molecule has 0 spiro atoms. The molecule has 0 amide bonds. The van der Waals surface area contributed by atoms with Crippen molar-refractivity contribution in [2.45, 2.75) is 43.9 Å². The number of nitrogens with zero attached hydrogens (tertiary/aromatic N) is 3. The summed E-state index contributed by atoms with van der Waals surface area (Å²) in [5.74, 6) is 1.14. The van der Waals surface area contributed by atoms with Gasteiger partial charge in [0.25, 0.3) is 0 Å². The lowest BCUT2D eigenvalue weighted by Gasteiger charge is -2.29. The van der Waals surface area contributed by atoms with Gasteiger partial charge in [0.1, 0.15) is 17.5 Å². The molecule has 1 saturated carbocycles. The lowest BCUT2D eigenvalue weighted by Crippen LogP contribution is -2.30. The third-order valence-electron chi connectivity index (χ3n) is 7.03. The number of phenolic OH excluding ortho intramolecular Hbond substituents is 1. The van der Waals surface area contributed by atoms with E-state index in [0.29, 0.717) is 11.2 Å². The van der Waals surface area contributed by atoms with Gasteiger partial charge in [-0.15, -0.1) is 0 Å². The van der Waals surface area contributed by atoms with E-state index in [2.05, 4.69) is 38.0 Å². The number of hydrogen-bond donors (Lipinski definition) is 2. The van der Waals surface area contributed by atoms with Crippen molar-refractivity contribution in [2.24, 2.45) is 0 Å². The second-order valence-electron chi connectivity index (χ2n) is 9.33. The van der Waals surface area contributed by atoms with Gasteiger partial charge in [0.15, 0.2) is 5.11 Å². The lowest BCUT2D eigenvalue weighted by atomic mass is 10.0. The SMILES string of the molecule is Oc1ccc(-n2cccc2[C@H]2[C@@H](c3ccccn3)NC(=S)N2c2ccc(OC3CCCC3)cc2)cc1. The Morgan fingerprint density at radius 1 is 0.889 bits per heavy atom. The fraction of sp³-hybridized carbons (Fsp3) is 0.241. The van der Waals surface area contributed by atoms with Crippen LogP contribution >= 0.6 is 12.2 Å². The molecular formula is C29H28N4O2S. The molecule has 6 nitrogen and oxygen atoms in total. The van der Waals surface area contributed by atoms with Crippen molar-refractivity contribution < 1.29 is 9.84 Å². The monoisotopic (exact) mass is 496 g/mol. The van der Waals surface area contributed by atoms with Crippen LogP contribution in [0.25, 0.3) is 5.69 Å². The van der Waals surface area contributed by atoms with Crippen LogP contribution in [0.15, 0.2) is 91.3 Å². The maximum absolute atomic E-state index is 9.80. The molecule has 36 heavy (non-hydrogen) atoms. The molecule has 2 atom stereocenters. The maximum atomic E-state index is 9.80. The second-order valence-corrected chi connectivity index (χ2v) is 9.72. The van der Waals surface area contributed by atoms with E-state index in [1.165, 1.54) is 12.8 Å². The third-order valence-corrected chi connectivity index (χ3v) is 7.34. The van der Waals surface area contributed by atoms with Gasteiger partial charge in [-0.3, -0.25) is 4.98 Å². The molecule has 2 N–H and O–H groups in total. The molecule has 2 aromatic carbocycles. The van der Waals surface area contributed by atoms with E-state index in [-0.39, 0.29) is 17.8 Å². The van der Waals surface area contributed by atoms with Crippen molar-refractivity contribution >= 4 is 23.0 Å². The van der Waals surface area contributed by atoms with E-state index < -0.39 is 0 Å². The molecular weight excluding hydrogens is 468 g/mol. The largest absolute Gasteiger partial charge is 0.508 e. The fourth-order valence-corrected chi connectivity index (χ4v) is 5.65. The minimum Gasteiger partial charge on any atom is -0.508 e. The fourth-order valence-electron chi connectivity index (χ4n) is 5.30. The summed E-state index contributed by atoms with van der Waals surface area (Å²) < 4.78 is 8.33. The van der Waals surface area contributed by atoms with Crippen LogP contribution in [-0.4, -0.2) is 25.9 Å². The lowest BCUT2D eigenvalue weighted by molar-refractivity contribution is 0.210. The topological polar surface area (TPSA) is 62.5 Å². The number of nitrogens with one attached hydrogen (secondary N) is 1.